The van der Waals surface area contributed by atoms with E-state index < -0.39 is 37.3 Å². The average Bonchev–Trinajstić information content (AvgIpc) is 2.61. The molecule has 1 aromatic rings. The molecule has 1 aliphatic heterocycles. The fourth-order valence-corrected chi connectivity index (χ4v) is 2.33. The summed E-state index contributed by atoms with van der Waals surface area (Å²) in [5.74, 6) is 0.546. The van der Waals surface area contributed by atoms with Crippen LogP contribution in [0.4, 0.5) is 0 Å². The molecule has 1 saturated heterocycles. The maximum absolute atomic E-state index is 10.4. The van der Waals surface area contributed by atoms with Crippen molar-refractivity contribution in [1.82, 2.24) is 0 Å². The van der Waals surface area contributed by atoms with Crippen molar-refractivity contribution >= 4 is 12.4 Å². The van der Waals surface area contributed by atoms with Gasteiger partial charge in [0.25, 0.3) is 0 Å². The molecule has 0 radical (unpaired) electrons. The van der Waals surface area contributed by atoms with E-state index in [4.69, 9.17) is 14.2 Å². The highest BCUT2D eigenvalue weighted by Crippen LogP contribution is 2.32. The molecule has 1 aromatic carbocycles. The molecule has 132 valence electrons. The number of rotatable bonds is 6. The van der Waals surface area contributed by atoms with Crippen LogP contribution in [0, 0.1) is 0 Å². The number of carbonyl (C=O) groups excluding carboxylic acids is 1. The number of ether oxygens (including phenoxy) is 3. The smallest absolute Gasteiger partial charge is 0.229 e. The first kappa shape index (κ1) is 18.4. The molecule has 8 heteroatoms. The molecular formula is C16H20O8. The molecule has 4 N–H and O–H groups in total. The summed E-state index contributed by atoms with van der Waals surface area (Å²) in [5.41, 5.74) is 0.695. The third-order valence-electron chi connectivity index (χ3n) is 3.65. The van der Waals surface area contributed by atoms with Crippen LogP contribution < -0.4 is 9.47 Å². The van der Waals surface area contributed by atoms with Gasteiger partial charge in [-0.3, -0.25) is 4.79 Å². The number of hydrogen-bond acceptors (Lipinski definition) is 8. The van der Waals surface area contributed by atoms with Crippen molar-refractivity contribution in [3.63, 3.8) is 0 Å². The van der Waals surface area contributed by atoms with Crippen LogP contribution in [-0.2, 0) is 9.53 Å². The monoisotopic (exact) mass is 340 g/mol. The fraction of sp³-hybridized carbons (Fsp3) is 0.438. The van der Waals surface area contributed by atoms with Crippen LogP contribution in [-0.4, -0.2) is 71.1 Å². The zero-order valence-corrected chi connectivity index (χ0v) is 13.0. The highest BCUT2D eigenvalue weighted by molar-refractivity contribution is 5.74. The summed E-state index contributed by atoms with van der Waals surface area (Å²) in [6.45, 7) is -0.544. The third kappa shape index (κ3) is 3.92. The van der Waals surface area contributed by atoms with E-state index in [9.17, 15) is 25.2 Å². The van der Waals surface area contributed by atoms with E-state index >= 15 is 0 Å². The van der Waals surface area contributed by atoms with Gasteiger partial charge in [0.05, 0.1) is 13.7 Å². The van der Waals surface area contributed by atoms with Gasteiger partial charge >= 0.3 is 0 Å². The molecule has 0 saturated carbocycles. The van der Waals surface area contributed by atoms with Crippen LogP contribution in [0.15, 0.2) is 24.3 Å². The van der Waals surface area contributed by atoms with E-state index in [-0.39, 0.29) is 5.75 Å². The largest absolute Gasteiger partial charge is 0.493 e. The first-order valence-corrected chi connectivity index (χ1v) is 7.29. The summed E-state index contributed by atoms with van der Waals surface area (Å²) >= 11 is 0. The summed E-state index contributed by atoms with van der Waals surface area (Å²) in [6, 6.07) is 4.81. The van der Waals surface area contributed by atoms with E-state index in [1.165, 1.54) is 13.2 Å². The highest BCUT2D eigenvalue weighted by Gasteiger charge is 2.44. The van der Waals surface area contributed by atoms with Crippen LogP contribution in [0.3, 0.4) is 0 Å². The van der Waals surface area contributed by atoms with Crippen molar-refractivity contribution in [2.24, 2.45) is 0 Å². The lowest BCUT2D eigenvalue weighted by Gasteiger charge is -2.39. The first-order valence-electron chi connectivity index (χ1n) is 7.29. The highest BCUT2D eigenvalue weighted by atomic mass is 16.7. The van der Waals surface area contributed by atoms with Gasteiger partial charge in [-0.1, -0.05) is 12.1 Å². The van der Waals surface area contributed by atoms with Gasteiger partial charge in [-0.05, 0) is 23.8 Å². The SMILES string of the molecule is COc1cc(/C=C/C=O)ccc1O[C@@H]1OC(CO)[C@@H](O)C(O)C1O. The minimum absolute atomic E-state index is 0.227. The summed E-state index contributed by atoms with van der Waals surface area (Å²) in [6.07, 6.45) is -3.31. The number of allylic oxidation sites excluding steroid dienone is 1. The van der Waals surface area contributed by atoms with Gasteiger partial charge in [0.1, 0.15) is 30.7 Å². The molecule has 8 nitrogen and oxygen atoms in total. The number of methoxy groups -OCH3 is 1. The number of aliphatic hydroxyl groups excluding tert-OH is 4. The van der Waals surface area contributed by atoms with E-state index in [1.807, 2.05) is 0 Å². The van der Waals surface area contributed by atoms with Gasteiger partial charge in [0, 0.05) is 0 Å². The summed E-state index contributed by atoms with van der Waals surface area (Å²) in [5, 5.41) is 38.7. The van der Waals surface area contributed by atoms with Crippen molar-refractivity contribution in [3.8, 4) is 11.5 Å². The van der Waals surface area contributed by atoms with Crippen molar-refractivity contribution in [2.75, 3.05) is 13.7 Å². The molecule has 1 fully saturated rings. The number of aliphatic hydroxyl groups is 4. The maximum Gasteiger partial charge on any atom is 0.229 e. The Morgan fingerprint density at radius 1 is 1.17 bits per heavy atom. The quantitative estimate of drug-likeness (QED) is 0.387. The molecule has 0 spiro atoms. The maximum atomic E-state index is 10.4. The van der Waals surface area contributed by atoms with Crippen molar-refractivity contribution < 1.29 is 39.4 Å². The van der Waals surface area contributed by atoms with Crippen molar-refractivity contribution in [2.45, 2.75) is 30.7 Å². The predicted molar refractivity (Wildman–Crippen MR) is 82.5 cm³/mol. The molecule has 0 aromatic heterocycles. The molecule has 0 amide bonds. The molecular weight excluding hydrogens is 320 g/mol. The van der Waals surface area contributed by atoms with Crippen LogP contribution in [0.25, 0.3) is 6.08 Å². The van der Waals surface area contributed by atoms with Crippen LogP contribution in [0.5, 0.6) is 11.5 Å². The lowest BCUT2D eigenvalue weighted by molar-refractivity contribution is -0.277. The summed E-state index contributed by atoms with van der Waals surface area (Å²) < 4.78 is 16.0. The Balaban J connectivity index is 2.20. The average molecular weight is 340 g/mol. The minimum atomic E-state index is -1.53. The van der Waals surface area contributed by atoms with Crippen LogP contribution in [0.1, 0.15) is 5.56 Å². The standard InChI is InChI=1S/C16H20O8/c1-22-11-7-9(3-2-6-17)4-5-10(11)23-16-15(21)14(20)13(19)12(8-18)24-16/h2-7,12-16,18-21H,8H2,1H3/b3-2+/t12?,13-,14?,15?,16-/m1/s1. The number of hydrogen-bond donors (Lipinski definition) is 4. The molecule has 2 rings (SSSR count). The van der Waals surface area contributed by atoms with Gasteiger partial charge in [-0.15, -0.1) is 0 Å². The normalized spacial score (nSPS) is 30.3. The van der Waals surface area contributed by atoms with Crippen molar-refractivity contribution in [3.05, 3.63) is 29.8 Å². The minimum Gasteiger partial charge on any atom is -0.493 e. The molecule has 5 atom stereocenters. The molecule has 3 unspecified atom stereocenters. The second-order valence-corrected chi connectivity index (χ2v) is 5.22. The molecule has 0 aliphatic carbocycles. The Labute approximate surface area is 138 Å². The Hall–Kier alpha value is -1.97. The second kappa shape index (κ2) is 8.22. The molecule has 1 heterocycles. The van der Waals surface area contributed by atoms with E-state index in [2.05, 4.69) is 0 Å². The first-order chi connectivity index (χ1) is 11.5. The number of benzene rings is 1. The Morgan fingerprint density at radius 3 is 2.54 bits per heavy atom. The summed E-state index contributed by atoms with van der Waals surface area (Å²) in [7, 11) is 1.42. The summed E-state index contributed by atoms with van der Waals surface area (Å²) in [4.78, 5) is 10.4. The van der Waals surface area contributed by atoms with Gasteiger partial charge in [0.15, 0.2) is 11.5 Å². The zero-order valence-electron chi connectivity index (χ0n) is 13.0. The fourth-order valence-electron chi connectivity index (χ4n) is 2.33. The van der Waals surface area contributed by atoms with Crippen LogP contribution in [0.2, 0.25) is 0 Å². The van der Waals surface area contributed by atoms with Crippen molar-refractivity contribution in [1.29, 1.82) is 0 Å². The Morgan fingerprint density at radius 2 is 1.92 bits per heavy atom. The van der Waals surface area contributed by atoms with Gasteiger partial charge < -0.3 is 34.6 Å². The van der Waals surface area contributed by atoms with E-state index in [0.29, 0.717) is 17.6 Å². The van der Waals surface area contributed by atoms with E-state index in [0.717, 1.165) is 0 Å². The lowest BCUT2D eigenvalue weighted by atomic mass is 9.99. The lowest BCUT2D eigenvalue weighted by Crippen LogP contribution is -2.60. The Kier molecular flexibility index (Phi) is 6.29. The van der Waals surface area contributed by atoms with Gasteiger partial charge in [-0.25, -0.2) is 0 Å². The number of aldehydes is 1. The molecule has 1 aliphatic rings. The zero-order chi connectivity index (χ0) is 17.7. The Bertz CT molecular complexity index is 585. The number of carbonyl (C=O) groups is 1. The van der Waals surface area contributed by atoms with Gasteiger partial charge in [0.2, 0.25) is 6.29 Å². The topological polar surface area (TPSA) is 126 Å². The van der Waals surface area contributed by atoms with Gasteiger partial charge in [-0.2, -0.15) is 0 Å². The molecule has 24 heavy (non-hydrogen) atoms. The van der Waals surface area contributed by atoms with E-state index in [1.54, 1.807) is 24.3 Å². The third-order valence-corrected chi connectivity index (χ3v) is 3.65. The predicted octanol–water partition coefficient (Wildman–Crippen LogP) is -0.914. The van der Waals surface area contributed by atoms with Crippen LogP contribution >= 0.6 is 0 Å². The molecule has 0 bridgehead atoms. The second-order valence-electron chi connectivity index (χ2n) is 5.22.